The fraction of sp³-hybridized carbons (Fsp3) is 0.417. The van der Waals surface area contributed by atoms with Crippen molar-refractivity contribution in [2.24, 2.45) is 0 Å². The van der Waals surface area contributed by atoms with Crippen LogP contribution in [0.15, 0.2) is 6.07 Å². The molecular formula is C12H12ClFO2. The van der Waals surface area contributed by atoms with Crippen LogP contribution in [0, 0.1) is 19.7 Å². The average Bonchev–Trinajstić information content (AvgIpc) is 2.97. The second-order valence-electron chi connectivity index (χ2n) is 4.35. The molecule has 0 aliphatic heterocycles. The van der Waals surface area contributed by atoms with Gasteiger partial charge in [-0.15, -0.1) is 0 Å². The SMILES string of the molecule is Cc1c(F)cc(Cl)c(C)c1C1(C(=O)O)CC1. The molecule has 0 amide bonds. The number of carboxylic acids is 1. The Labute approximate surface area is 98.0 Å². The molecule has 1 saturated carbocycles. The molecule has 1 fully saturated rings. The number of halogens is 2. The summed E-state index contributed by atoms with van der Waals surface area (Å²) in [6.45, 7) is 3.35. The molecule has 0 heterocycles. The van der Waals surface area contributed by atoms with Gasteiger partial charge in [-0.1, -0.05) is 11.6 Å². The normalized spacial score (nSPS) is 17.2. The van der Waals surface area contributed by atoms with E-state index in [1.165, 1.54) is 6.07 Å². The smallest absolute Gasteiger partial charge is 0.314 e. The highest BCUT2D eigenvalue weighted by molar-refractivity contribution is 6.31. The van der Waals surface area contributed by atoms with Gasteiger partial charge in [0.05, 0.1) is 5.41 Å². The van der Waals surface area contributed by atoms with Gasteiger partial charge in [-0.05, 0) is 49.4 Å². The Morgan fingerprint density at radius 1 is 1.44 bits per heavy atom. The van der Waals surface area contributed by atoms with Crippen molar-refractivity contribution in [3.63, 3.8) is 0 Å². The summed E-state index contributed by atoms with van der Waals surface area (Å²) >= 11 is 5.90. The molecule has 0 bridgehead atoms. The van der Waals surface area contributed by atoms with E-state index in [2.05, 4.69) is 0 Å². The van der Waals surface area contributed by atoms with Gasteiger partial charge in [-0.25, -0.2) is 4.39 Å². The topological polar surface area (TPSA) is 37.3 Å². The first-order valence-electron chi connectivity index (χ1n) is 5.09. The Kier molecular flexibility index (Phi) is 2.46. The zero-order valence-electron chi connectivity index (χ0n) is 9.10. The van der Waals surface area contributed by atoms with E-state index in [0.717, 1.165) is 0 Å². The van der Waals surface area contributed by atoms with Crippen LogP contribution in [0.4, 0.5) is 4.39 Å². The molecule has 0 radical (unpaired) electrons. The lowest BCUT2D eigenvalue weighted by Gasteiger charge is -2.18. The van der Waals surface area contributed by atoms with Crippen molar-refractivity contribution in [3.05, 3.63) is 33.6 Å². The molecule has 0 unspecified atom stereocenters. The lowest BCUT2D eigenvalue weighted by atomic mass is 9.88. The van der Waals surface area contributed by atoms with Crippen molar-refractivity contribution in [2.75, 3.05) is 0 Å². The summed E-state index contributed by atoms with van der Waals surface area (Å²) in [6, 6.07) is 1.24. The van der Waals surface area contributed by atoms with Gasteiger partial charge in [0, 0.05) is 5.02 Å². The molecule has 0 aromatic heterocycles. The fourth-order valence-electron chi connectivity index (χ4n) is 2.26. The van der Waals surface area contributed by atoms with Crippen LogP contribution in [0.5, 0.6) is 0 Å². The molecule has 1 aromatic rings. The van der Waals surface area contributed by atoms with Gasteiger partial charge >= 0.3 is 5.97 Å². The van der Waals surface area contributed by atoms with Crippen molar-refractivity contribution in [1.29, 1.82) is 0 Å². The molecule has 1 aliphatic rings. The van der Waals surface area contributed by atoms with Gasteiger partial charge < -0.3 is 5.11 Å². The largest absolute Gasteiger partial charge is 0.481 e. The third kappa shape index (κ3) is 1.42. The maximum absolute atomic E-state index is 13.6. The molecular weight excluding hydrogens is 231 g/mol. The molecule has 0 atom stereocenters. The number of hydrogen-bond donors (Lipinski definition) is 1. The predicted octanol–water partition coefficient (Wildman–Crippen LogP) is 3.21. The molecule has 1 aliphatic carbocycles. The monoisotopic (exact) mass is 242 g/mol. The summed E-state index contributed by atoms with van der Waals surface area (Å²) in [5.74, 6) is -1.32. The number of hydrogen-bond acceptors (Lipinski definition) is 1. The van der Waals surface area contributed by atoms with Crippen LogP contribution in [0.1, 0.15) is 29.5 Å². The van der Waals surface area contributed by atoms with E-state index in [1.54, 1.807) is 13.8 Å². The lowest BCUT2D eigenvalue weighted by molar-refractivity contribution is -0.140. The minimum absolute atomic E-state index is 0.297. The van der Waals surface area contributed by atoms with Crippen LogP contribution in [-0.4, -0.2) is 11.1 Å². The van der Waals surface area contributed by atoms with Gasteiger partial charge in [-0.2, -0.15) is 0 Å². The first-order chi connectivity index (χ1) is 7.40. The zero-order chi connectivity index (χ0) is 12.1. The highest BCUT2D eigenvalue weighted by atomic mass is 35.5. The fourth-order valence-corrected chi connectivity index (χ4v) is 2.45. The van der Waals surface area contributed by atoms with Crippen molar-refractivity contribution < 1.29 is 14.3 Å². The van der Waals surface area contributed by atoms with Crippen molar-refractivity contribution in [3.8, 4) is 0 Å². The number of carboxylic acid groups (broad SMARTS) is 1. The minimum atomic E-state index is -0.903. The Balaban J connectivity index is 2.70. The Morgan fingerprint density at radius 3 is 2.44 bits per heavy atom. The van der Waals surface area contributed by atoms with E-state index >= 15 is 0 Å². The summed E-state index contributed by atoms with van der Waals surface area (Å²) in [5.41, 5.74) is 0.743. The summed E-state index contributed by atoms with van der Waals surface area (Å²) in [6.07, 6.45) is 1.12. The molecule has 0 saturated heterocycles. The second kappa shape index (κ2) is 3.45. The second-order valence-corrected chi connectivity index (χ2v) is 4.76. The summed E-state index contributed by atoms with van der Waals surface area (Å²) in [7, 11) is 0. The molecule has 2 nitrogen and oxygen atoms in total. The van der Waals surface area contributed by atoms with Crippen LogP contribution in [0.25, 0.3) is 0 Å². The average molecular weight is 243 g/mol. The van der Waals surface area contributed by atoms with E-state index in [-0.39, 0.29) is 0 Å². The van der Waals surface area contributed by atoms with Crippen molar-refractivity contribution in [1.82, 2.24) is 0 Å². The Bertz CT molecular complexity index is 452. The first-order valence-corrected chi connectivity index (χ1v) is 5.47. The van der Waals surface area contributed by atoms with Crippen LogP contribution in [0.3, 0.4) is 0 Å². The Hall–Kier alpha value is -1.09. The first kappa shape index (κ1) is 11.4. The zero-order valence-corrected chi connectivity index (χ0v) is 9.86. The van der Waals surface area contributed by atoms with E-state index < -0.39 is 17.2 Å². The maximum atomic E-state index is 13.6. The number of benzene rings is 1. The number of rotatable bonds is 2. The molecule has 1 N–H and O–H groups in total. The lowest BCUT2D eigenvalue weighted by Crippen LogP contribution is -2.22. The quantitative estimate of drug-likeness (QED) is 0.865. The third-order valence-corrected chi connectivity index (χ3v) is 3.75. The van der Waals surface area contributed by atoms with E-state index in [9.17, 15) is 14.3 Å². The third-order valence-electron chi connectivity index (χ3n) is 3.36. The predicted molar refractivity (Wildman–Crippen MR) is 59.4 cm³/mol. The summed E-state index contributed by atoms with van der Waals surface area (Å²) in [4.78, 5) is 11.2. The standard InChI is InChI=1S/C12H12ClFO2/c1-6-8(13)5-9(14)7(2)10(6)12(3-4-12)11(15)16/h5H,3-4H2,1-2H3,(H,15,16). The van der Waals surface area contributed by atoms with E-state index in [4.69, 9.17) is 11.6 Å². The van der Waals surface area contributed by atoms with Crippen LogP contribution < -0.4 is 0 Å². The van der Waals surface area contributed by atoms with Gasteiger partial charge in [-0.3, -0.25) is 4.79 Å². The van der Waals surface area contributed by atoms with Gasteiger partial charge in [0.2, 0.25) is 0 Å². The molecule has 2 rings (SSSR count). The number of aliphatic carboxylic acids is 1. The molecule has 0 spiro atoms. The van der Waals surface area contributed by atoms with Crippen LogP contribution >= 0.6 is 11.6 Å². The molecule has 1 aromatic carbocycles. The Morgan fingerprint density at radius 2 is 2.00 bits per heavy atom. The van der Waals surface area contributed by atoms with E-state index in [0.29, 0.717) is 34.6 Å². The summed E-state index contributed by atoms with van der Waals surface area (Å²) in [5, 5.41) is 9.52. The highest BCUT2D eigenvalue weighted by Crippen LogP contribution is 2.51. The van der Waals surface area contributed by atoms with Gasteiger partial charge in [0.25, 0.3) is 0 Å². The van der Waals surface area contributed by atoms with Crippen LogP contribution in [0.2, 0.25) is 5.02 Å². The van der Waals surface area contributed by atoms with Crippen LogP contribution in [-0.2, 0) is 10.2 Å². The van der Waals surface area contributed by atoms with Crippen molar-refractivity contribution in [2.45, 2.75) is 32.1 Å². The maximum Gasteiger partial charge on any atom is 0.314 e. The van der Waals surface area contributed by atoms with Gasteiger partial charge in [0.1, 0.15) is 5.82 Å². The van der Waals surface area contributed by atoms with Crippen molar-refractivity contribution >= 4 is 17.6 Å². The highest BCUT2D eigenvalue weighted by Gasteiger charge is 2.53. The number of carbonyl (C=O) groups is 1. The molecule has 86 valence electrons. The summed E-state index contributed by atoms with van der Waals surface area (Å²) < 4.78 is 13.6. The molecule has 16 heavy (non-hydrogen) atoms. The molecule has 4 heteroatoms. The van der Waals surface area contributed by atoms with E-state index in [1.807, 2.05) is 0 Å². The van der Waals surface area contributed by atoms with Gasteiger partial charge in [0.15, 0.2) is 0 Å². The minimum Gasteiger partial charge on any atom is -0.481 e.